The van der Waals surface area contributed by atoms with Crippen LogP contribution in [0.25, 0.3) is 0 Å². The van der Waals surface area contributed by atoms with Crippen LogP contribution in [0.4, 0.5) is 5.82 Å². The van der Waals surface area contributed by atoms with Crippen LogP contribution < -0.4 is 0 Å². The lowest BCUT2D eigenvalue weighted by Crippen LogP contribution is -2.29. The van der Waals surface area contributed by atoms with Gasteiger partial charge in [0.1, 0.15) is 6.54 Å². The van der Waals surface area contributed by atoms with Crippen LogP contribution >= 0.6 is 58.0 Å². The van der Waals surface area contributed by atoms with Gasteiger partial charge in [0.05, 0.1) is 0 Å². The first-order valence-corrected chi connectivity index (χ1v) is 7.04. The van der Waals surface area contributed by atoms with Gasteiger partial charge in [-0.3, -0.25) is 0 Å². The summed E-state index contributed by atoms with van der Waals surface area (Å²) in [6.45, 7) is 2.22. The molecule has 0 atom stereocenters. The zero-order valence-corrected chi connectivity index (χ0v) is 13.4. The molecule has 0 spiro atoms. The Balaban J connectivity index is 3.30. The van der Waals surface area contributed by atoms with E-state index in [0.29, 0.717) is 13.0 Å². The third kappa shape index (κ3) is 3.55. The first-order valence-electron chi connectivity index (χ1n) is 5.15. The number of aromatic nitrogens is 3. The van der Waals surface area contributed by atoms with E-state index >= 15 is 0 Å². The monoisotopic (exact) mass is 368 g/mol. The molecule has 0 aliphatic heterocycles. The minimum Gasteiger partial charge on any atom is -0.358 e. The number of unbranched alkanes of at least 4 members (excludes halogenated alkanes) is 1. The minimum atomic E-state index is -2.19. The van der Waals surface area contributed by atoms with Crippen LogP contribution in [-0.2, 0) is 10.9 Å². The van der Waals surface area contributed by atoms with Gasteiger partial charge in [-0.05, 0) is 11.3 Å². The summed E-state index contributed by atoms with van der Waals surface area (Å²) in [5, 5.41) is 18.3. The van der Waals surface area contributed by atoms with Crippen LogP contribution in [0.5, 0.6) is 0 Å². The molecule has 0 saturated carbocycles. The second-order valence-electron chi connectivity index (χ2n) is 3.67. The standard InChI is InChI=1S/C8H9Cl5N4O2/c1-2-3-4-16-6(17(18)19)5(14-15-16)7(9,10)8(11,12)13/h2-4H2,1H3. The van der Waals surface area contributed by atoms with Crippen LogP contribution in [0.3, 0.4) is 0 Å². The van der Waals surface area contributed by atoms with E-state index < -0.39 is 24.6 Å². The molecule has 0 aromatic carbocycles. The molecule has 0 amide bonds. The molecular formula is C8H9Cl5N4O2. The van der Waals surface area contributed by atoms with E-state index in [1.165, 1.54) is 0 Å². The molecule has 1 aromatic heterocycles. The van der Waals surface area contributed by atoms with Gasteiger partial charge in [0.15, 0.2) is 0 Å². The van der Waals surface area contributed by atoms with E-state index in [1.807, 2.05) is 6.92 Å². The highest BCUT2D eigenvalue weighted by Gasteiger charge is 2.54. The number of nitrogens with zero attached hydrogens (tertiary/aromatic N) is 4. The van der Waals surface area contributed by atoms with E-state index in [-0.39, 0.29) is 0 Å². The van der Waals surface area contributed by atoms with Crippen molar-refractivity contribution in [1.29, 1.82) is 0 Å². The molecule has 6 nitrogen and oxygen atoms in total. The van der Waals surface area contributed by atoms with Crippen LogP contribution in [-0.4, -0.2) is 23.7 Å². The number of aryl methyl sites for hydroxylation is 1. The second-order valence-corrected chi connectivity index (χ2v) is 7.28. The zero-order valence-electron chi connectivity index (χ0n) is 9.62. The second kappa shape index (κ2) is 6.18. The Hall–Kier alpha value is -0.0100. The summed E-state index contributed by atoms with van der Waals surface area (Å²) in [5.41, 5.74) is -0.392. The van der Waals surface area contributed by atoms with E-state index in [0.717, 1.165) is 11.1 Å². The predicted molar refractivity (Wildman–Crippen MR) is 75.3 cm³/mol. The molecule has 1 aromatic rings. The number of rotatable bonds is 5. The van der Waals surface area contributed by atoms with Crippen LogP contribution in [0, 0.1) is 10.1 Å². The van der Waals surface area contributed by atoms with E-state index in [1.54, 1.807) is 0 Å². The Morgan fingerprint density at radius 1 is 1.32 bits per heavy atom. The average molecular weight is 370 g/mol. The third-order valence-electron chi connectivity index (χ3n) is 2.26. The van der Waals surface area contributed by atoms with Crippen molar-refractivity contribution >= 4 is 63.8 Å². The van der Waals surface area contributed by atoms with Crippen molar-refractivity contribution in [2.24, 2.45) is 0 Å². The number of hydrogen-bond donors (Lipinski definition) is 0. The largest absolute Gasteiger partial charge is 0.371 e. The summed E-state index contributed by atoms with van der Waals surface area (Å²) in [5.74, 6) is -0.482. The highest BCUT2D eigenvalue weighted by molar-refractivity contribution is 6.75. The lowest BCUT2D eigenvalue weighted by Gasteiger charge is -2.24. The first-order chi connectivity index (χ1) is 8.63. The summed E-state index contributed by atoms with van der Waals surface area (Å²) >= 11 is 28.6. The molecule has 0 radical (unpaired) electrons. The summed E-state index contributed by atoms with van der Waals surface area (Å²) in [6.07, 6.45) is 1.50. The quantitative estimate of drug-likeness (QED) is 0.446. The van der Waals surface area contributed by atoms with Gasteiger partial charge in [-0.25, -0.2) is 0 Å². The molecule has 1 rings (SSSR count). The van der Waals surface area contributed by atoms with Crippen molar-refractivity contribution in [3.05, 3.63) is 15.8 Å². The maximum atomic E-state index is 11.1. The molecule has 108 valence electrons. The number of hydrogen-bond acceptors (Lipinski definition) is 4. The average Bonchev–Trinajstić information content (AvgIpc) is 2.68. The fraction of sp³-hybridized carbons (Fsp3) is 0.750. The Bertz CT molecular complexity index is 470. The molecule has 0 N–H and O–H groups in total. The predicted octanol–water partition coefficient (Wildman–Crippen LogP) is 3.99. The fourth-order valence-corrected chi connectivity index (χ4v) is 1.80. The SMILES string of the molecule is CCCCn1nnc(C(Cl)(Cl)C(Cl)(Cl)Cl)c1[N+](=O)[O-]. The van der Waals surface area contributed by atoms with Crippen molar-refractivity contribution < 1.29 is 4.92 Å². The zero-order chi connectivity index (χ0) is 14.8. The normalized spacial score (nSPS) is 12.7. The Kier molecular flexibility index (Phi) is 5.54. The molecule has 0 fully saturated rings. The third-order valence-corrected chi connectivity index (χ3v) is 4.61. The Morgan fingerprint density at radius 2 is 1.89 bits per heavy atom. The van der Waals surface area contributed by atoms with Gasteiger partial charge in [-0.15, -0.1) is 9.78 Å². The molecule has 1 heterocycles. The maximum Gasteiger partial charge on any atom is 0.371 e. The van der Waals surface area contributed by atoms with E-state index in [4.69, 9.17) is 58.0 Å². The van der Waals surface area contributed by atoms with Crippen LogP contribution in [0.1, 0.15) is 25.5 Å². The van der Waals surface area contributed by atoms with E-state index in [9.17, 15) is 10.1 Å². The number of halogens is 5. The smallest absolute Gasteiger partial charge is 0.358 e. The molecular weight excluding hydrogens is 361 g/mol. The van der Waals surface area contributed by atoms with Crippen molar-refractivity contribution in [1.82, 2.24) is 15.0 Å². The first kappa shape index (κ1) is 17.0. The summed E-state index contributed by atoms with van der Waals surface area (Å²) in [4.78, 5) is 10.4. The molecule has 0 aliphatic carbocycles. The van der Waals surface area contributed by atoms with E-state index in [2.05, 4.69) is 10.3 Å². The lowest BCUT2D eigenvalue weighted by atomic mass is 10.3. The van der Waals surface area contributed by atoms with Crippen molar-refractivity contribution in [3.63, 3.8) is 0 Å². The molecule has 0 saturated heterocycles. The molecule has 0 unspecified atom stereocenters. The summed E-state index contributed by atoms with van der Waals surface area (Å²) < 4.78 is -3.29. The topological polar surface area (TPSA) is 73.8 Å². The van der Waals surface area contributed by atoms with Crippen molar-refractivity contribution in [3.8, 4) is 0 Å². The van der Waals surface area contributed by atoms with Crippen LogP contribution in [0.15, 0.2) is 0 Å². The van der Waals surface area contributed by atoms with Gasteiger partial charge in [0.2, 0.25) is 13.8 Å². The number of alkyl halides is 5. The highest BCUT2D eigenvalue weighted by Crippen LogP contribution is 2.54. The maximum absolute atomic E-state index is 11.1. The minimum absolute atomic E-state index is 0.295. The summed E-state index contributed by atoms with van der Waals surface area (Å²) in [7, 11) is 0. The van der Waals surface area contributed by atoms with Crippen molar-refractivity contribution in [2.45, 2.75) is 34.4 Å². The lowest BCUT2D eigenvalue weighted by molar-refractivity contribution is -0.393. The highest BCUT2D eigenvalue weighted by atomic mass is 35.6. The molecule has 0 aliphatic rings. The van der Waals surface area contributed by atoms with Gasteiger partial charge < -0.3 is 10.1 Å². The van der Waals surface area contributed by atoms with Gasteiger partial charge in [0, 0.05) is 5.21 Å². The van der Waals surface area contributed by atoms with Gasteiger partial charge in [-0.2, -0.15) is 0 Å². The number of nitro groups is 1. The molecule has 0 bridgehead atoms. The fourth-order valence-electron chi connectivity index (χ4n) is 1.28. The van der Waals surface area contributed by atoms with Gasteiger partial charge in [-0.1, -0.05) is 71.3 Å². The van der Waals surface area contributed by atoms with Gasteiger partial charge in [0.25, 0.3) is 0 Å². The van der Waals surface area contributed by atoms with Crippen molar-refractivity contribution in [2.75, 3.05) is 0 Å². The van der Waals surface area contributed by atoms with Gasteiger partial charge >= 0.3 is 5.82 Å². The Labute approximate surface area is 134 Å². The Morgan fingerprint density at radius 3 is 2.32 bits per heavy atom. The molecule has 19 heavy (non-hydrogen) atoms. The summed E-state index contributed by atoms with van der Waals surface area (Å²) in [6, 6.07) is 0. The van der Waals surface area contributed by atoms with Crippen LogP contribution in [0.2, 0.25) is 0 Å². The molecule has 11 heteroatoms.